The Morgan fingerprint density at radius 1 is 0.737 bits per heavy atom. The Balaban J connectivity index is 2.02. The van der Waals surface area contributed by atoms with Crippen LogP contribution in [-0.4, -0.2) is 15.0 Å². The number of nitrogen functional groups attached to an aromatic ring is 2. The molecular weight excluding hydrogens is 242 g/mol. The second kappa shape index (κ2) is 4.41. The Hall–Kier alpha value is -2.89. The van der Waals surface area contributed by atoms with E-state index in [-0.39, 0.29) is 11.9 Å². The fraction of sp³-hybridized carbons (Fsp3) is 0. The van der Waals surface area contributed by atoms with Crippen molar-refractivity contribution >= 4 is 11.9 Å². The number of nitrogens with zero attached hydrogens (tertiary/aromatic N) is 3. The number of benzene rings is 1. The van der Waals surface area contributed by atoms with Crippen molar-refractivity contribution in [3.63, 3.8) is 0 Å². The number of aromatic nitrogens is 3. The van der Waals surface area contributed by atoms with Gasteiger partial charge in [0, 0.05) is 5.56 Å². The first-order valence-corrected chi connectivity index (χ1v) is 5.65. The van der Waals surface area contributed by atoms with Crippen LogP contribution in [0, 0.1) is 0 Å². The largest absolute Gasteiger partial charge is 0.453 e. The van der Waals surface area contributed by atoms with E-state index in [2.05, 4.69) is 15.0 Å². The average molecular weight is 253 g/mol. The zero-order valence-corrected chi connectivity index (χ0v) is 9.95. The molecule has 0 fully saturated rings. The molecule has 4 N–H and O–H groups in total. The average Bonchev–Trinajstić information content (AvgIpc) is 2.88. The van der Waals surface area contributed by atoms with Gasteiger partial charge >= 0.3 is 0 Å². The zero-order valence-electron chi connectivity index (χ0n) is 9.95. The van der Waals surface area contributed by atoms with E-state index in [1.165, 1.54) is 0 Å². The highest BCUT2D eigenvalue weighted by atomic mass is 16.3. The molecule has 2 aromatic heterocycles. The minimum absolute atomic E-state index is 0.0696. The van der Waals surface area contributed by atoms with Crippen LogP contribution in [0.5, 0.6) is 0 Å². The van der Waals surface area contributed by atoms with Gasteiger partial charge in [-0.05, 0) is 12.1 Å². The molecule has 0 atom stereocenters. The van der Waals surface area contributed by atoms with Gasteiger partial charge in [-0.25, -0.2) is 0 Å². The first-order valence-electron chi connectivity index (χ1n) is 5.65. The molecule has 19 heavy (non-hydrogen) atoms. The number of hydrogen-bond donors (Lipinski definition) is 2. The van der Waals surface area contributed by atoms with Crippen molar-refractivity contribution in [2.45, 2.75) is 0 Å². The zero-order chi connectivity index (χ0) is 13.2. The third-order valence-electron chi connectivity index (χ3n) is 2.55. The Kier molecular flexibility index (Phi) is 2.60. The van der Waals surface area contributed by atoms with Crippen molar-refractivity contribution in [3.05, 3.63) is 42.5 Å². The maximum Gasteiger partial charge on any atom is 0.225 e. The van der Waals surface area contributed by atoms with Crippen LogP contribution in [-0.2, 0) is 0 Å². The van der Waals surface area contributed by atoms with Crippen LogP contribution in [0.2, 0.25) is 0 Å². The molecule has 0 radical (unpaired) electrons. The van der Waals surface area contributed by atoms with Crippen LogP contribution in [0.3, 0.4) is 0 Å². The van der Waals surface area contributed by atoms with E-state index in [1.54, 1.807) is 6.07 Å². The van der Waals surface area contributed by atoms with E-state index < -0.39 is 0 Å². The molecular formula is C13H11N5O. The van der Waals surface area contributed by atoms with E-state index in [0.29, 0.717) is 11.6 Å². The van der Waals surface area contributed by atoms with Crippen LogP contribution >= 0.6 is 0 Å². The lowest BCUT2D eigenvalue weighted by Gasteiger charge is -1.99. The van der Waals surface area contributed by atoms with Crippen LogP contribution in [0.15, 0.2) is 46.9 Å². The second-order valence-corrected chi connectivity index (χ2v) is 3.91. The van der Waals surface area contributed by atoms with E-state index in [0.717, 1.165) is 11.3 Å². The van der Waals surface area contributed by atoms with Gasteiger partial charge in [0.1, 0.15) is 5.76 Å². The van der Waals surface area contributed by atoms with Gasteiger partial charge in [0.25, 0.3) is 0 Å². The molecule has 0 amide bonds. The first-order chi connectivity index (χ1) is 9.22. The highest BCUT2D eigenvalue weighted by Gasteiger charge is 2.10. The number of rotatable bonds is 2. The maximum absolute atomic E-state index is 5.70. The van der Waals surface area contributed by atoms with Gasteiger partial charge in [-0.15, -0.1) is 0 Å². The van der Waals surface area contributed by atoms with Gasteiger partial charge in [-0.2, -0.15) is 15.0 Å². The summed E-state index contributed by atoms with van der Waals surface area (Å²) in [4.78, 5) is 11.7. The molecule has 1 aromatic carbocycles. The summed E-state index contributed by atoms with van der Waals surface area (Å²) in [6.45, 7) is 0. The van der Waals surface area contributed by atoms with Crippen molar-refractivity contribution < 1.29 is 4.42 Å². The molecule has 0 spiro atoms. The first kappa shape index (κ1) is 11.2. The molecule has 0 unspecified atom stereocenters. The summed E-state index contributed by atoms with van der Waals surface area (Å²) >= 11 is 0. The van der Waals surface area contributed by atoms with Gasteiger partial charge in [0.15, 0.2) is 5.76 Å². The second-order valence-electron chi connectivity index (χ2n) is 3.91. The summed E-state index contributed by atoms with van der Waals surface area (Å²) in [5.41, 5.74) is 12.0. The van der Waals surface area contributed by atoms with Crippen LogP contribution in [0.4, 0.5) is 11.9 Å². The Labute approximate surface area is 109 Å². The van der Waals surface area contributed by atoms with Crippen molar-refractivity contribution in [3.8, 4) is 22.9 Å². The normalized spacial score (nSPS) is 10.5. The molecule has 0 aliphatic rings. The van der Waals surface area contributed by atoms with Gasteiger partial charge in [0.2, 0.25) is 17.7 Å². The Morgan fingerprint density at radius 2 is 1.37 bits per heavy atom. The number of nitrogens with two attached hydrogens (primary N) is 2. The summed E-state index contributed by atoms with van der Waals surface area (Å²) in [5, 5.41) is 0. The van der Waals surface area contributed by atoms with E-state index in [4.69, 9.17) is 15.9 Å². The maximum atomic E-state index is 5.70. The predicted molar refractivity (Wildman–Crippen MR) is 71.8 cm³/mol. The van der Waals surface area contributed by atoms with Gasteiger partial charge in [0.05, 0.1) is 0 Å². The van der Waals surface area contributed by atoms with Crippen LogP contribution in [0.25, 0.3) is 22.9 Å². The van der Waals surface area contributed by atoms with Crippen molar-refractivity contribution in [2.24, 2.45) is 0 Å². The monoisotopic (exact) mass is 253 g/mol. The van der Waals surface area contributed by atoms with Gasteiger partial charge in [-0.3, -0.25) is 0 Å². The molecule has 3 aromatic rings. The molecule has 6 heteroatoms. The lowest BCUT2D eigenvalue weighted by atomic mass is 10.2. The minimum atomic E-state index is 0.0696. The van der Waals surface area contributed by atoms with Gasteiger partial charge < -0.3 is 15.9 Å². The fourth-order valence-corrected chi connectivity index (χ4v) is 1.74. The highest BCUT2D eigenvalue weighted by molar-refractivity contribution is 5.62. The molecule has 94 valence electrons. The van der Waals surface area contributed by atoms with E-state index >= 15 is 0 Å². The summed E-state index contributed by atoms with van der Waals surface area (Å²) in [6, 6.07) is 13.4. The fourth-order valence-electron chi connectivity index (χ4n) is 1.74. The predicted octanol–water partition coefficient (Wildman–Crippen LogP) is 1.96. The lowest BCUT2D eigenvalue weighted by molar-refractivity contribution is 0.592. The molecule has 3 rings (SSSR count). The third kappa shape index (κ3) is 2.23. The standard InChI is InChI=1S/C13H11N5O/c14-12-16-11(17-13(15)18-12)10-7-6-9(19-10)8-4-2-1-3-5-8/h1-7H,(H4,14,15,16,17,18). The van der Waals surface area contributed by atoms with Crippen molar-refractivity contribution in [1.29, 1.82) is 0 Å². The molecule has 0 bridgehead atoms. The third-order valence-corrected chi connectivity index (χ3v) is 2.55. The quantitative estimate of drug-likeness (QED) is 0.723. The number of hydrogen-bond acceptors (Lipinski definition) is 6. The summed E-state index contributed by atoms with van der Waals surface area (Å²) in [5.74, 6) is 1.69. The highest BCUT2D eigenvalue weighted by Crippen LogP contribution is 2.26. The number of furan rings is 1. The molecule has 2 heterocycles. The Morgan fingerprint density at radius 3 is 2.05 bits per heavy atom. The van der Waals surface area contributed by atoms with Gasteiger partial charge in [-0.1, -0.05) is 30.3 Å². The van der Waals surface area contributed by atoms with Crippen molar-refractivity contribution in [2.75, 3.05) is 11.5 Å². The molecule has 0 aliphatic carbocycles. The summed E-state index contributed by atoms with van der Waals surface area (Å²) in [6.07, 6.45) is 0. The molecule has 0 saturated carbocycles. The Bertz CT molecular complexity index is 688. The number of anilines is 2. The molecule has 6 nitrogen and oxygen atoms in total. The molecule has 0 aliphatic heterocycles. The summed E-state index contributed by atoms with van der Waals surface area (Å²) in [7, 11) is 0. The summed E-state index contributed by atoms with van der Waals surface area (Å²) < 4.78 is 5.70. The van der Waals surface area contributed by atoms with E-state index in [1.807, 2.05) is 36.4 Å². The molecule has 0 saturated heterocycles. The van der Waals surface area contributed by atoms with Crippen LogP contribution in [0.1, 0.15) is 0 Å². The minimum Gasteiger partial charge on any atom is -0.453 e. The van der Waals surface area contributed by atoms with Crippen LogP contribution < -0.4 is 11.5 Å². The van der Waals surface area contributed by atoms with Crippen molar-refractivity contribution in [1.82, 2.24) is 15.0 Å². The lowest BCUT2D eigenvalue weighted by Crippen LogP contribution is -2.03. The SMILES string of the molecule is Nc1nc(N)nc(-c2ccc(-c3ccccc3)o2)n1. The topological polar surface area (TPSA) is 104 Å². The smallest absolute Gasteiger partial charge is 0.225 e. The van der Waals surface area contributed by atoms with E-state index in [9.17, 15) is 0 Å².